The van der Waals surface area contributed by atoms with Crippen molar-refractivity contribution in [2.24, 2.45) is 0 Å². The summed E-state index contributed by atoms with van der Waals surface area (Å²) in [7, 11) is 0. The van der Waals surface area contributed by atoms with Crippen LogP contribution in [-0.4, -0.2) is 16.8 Å². The average molecular weight is 243 g/mol. The first kappa shape index (κ1) is 13.3. The van der Waals surface area contributed by atoms with E-state index in [0.29, 0.717) is 5.02 Å². The molecule has 0 fully saturated rings. The minimum atomic E-state index is -0.490. The number of aromatic hydroxyl groups is 1. The zero-order valence-corrected chi connectivity index (χ0v) is 11.2. The number of aliphatic hydroxyl groups is 1. The van der Waals surface area contributed by atoms with Crippen molar-refractivity contribution in [1.29, 1.82) is 0 Å². The molecule has 2 nitrogen and oxygen atoms in total. The molecule has 0 radical (unpaired) electrons. The van der Waals surface area contributed by atoms with Gasteiger partial charge in [0.25, 0.3) is 0 Å². The van der Waals surface area contributed by atoms with E-state index in [-0.39, 0.29) is 12.4 Å². The highest BCUT2D eigenvalue weighted by atomic mass is 35.5. The Morgan fingerprint density at radius 1 is 1.06 bits per heavy atom. The highest BCUT2D eigenvalue weighted by Crippen LogP contribution is 2.41. The van der Waals surface area contributed by atoms with Crippen LogP contribution < -0.4 is 0 Å². The fourth-order valence-corrected chi connectivity index (χ4v) is 2.24. The van der Waals surface area contributed by atoms with Crippen molar-refractivity contribution < 1.29 is 10.2 Å². The lowest BCUT2D eigenvalue weighted by molar-refractivity contribution is 0.214. The first-order valence-corrected chi connectivity index (χ1v) is 5.71. The molecule has 0 aliphatic heterocycles. The van der Waals surface area contributed by atoms with Crippen LogP contribution in [0.4, 0.5) is 0 Å². The lowest BCUT2D eigenvalue weighted by atomic mass is 9.80. The van der Waals surface area contributed by atoms with Crippen molar-refractivity contribution in [3.05, 3.63) is 27.3 Å². The van der Waals surface area contributed by atoms with Gasteiger partial charge in [0.15, 0.2) is 0 Å². The van der Waals surface area contributed by atoms with Crippen LogP contribution in [-0.2, 0) is 5.41 Å². The zero-order chi connectivity index (χ0) is 12.7. The first-order chi connectivity index (χ1) is 7.24. The average Bonchev–Trinajstić information content (AvgIpc) is 2.23. The van der Waals surface area contributed by atoms with Gasteiger partial charge >= 0.3 is 0 Å². The molecule has 0 heterocycles. The minimum absolute atomic E-state index is 0.0275. The van der Waals surface area contributed by atoms with Crippen LogP contribution >= 0.6 is 11.6 Å². The molecule has 0 bridgehead atoms. The molecule has 0 spiro atoms. The van der Waals surface area contributed by atoms with Crippen molar-refractivity contribution in [2.75, 3.05) is 6.61 Å². The fraction of sp³-hybridized carbons (Fsp3) is 0.538. The molecule has 2 N–H and O–H groups in total. The molecule has 1 aromatic rings. The van der Waals surface area contributed by atoms with Gasteiger partial charge in [-0.25, -0.2) is 0 Å². The van der Waals surface area contributed by atoms with Crippen molar-refractivity contribution in [3.8, 4) is 5.75 Å². The summed E-state index contributed by atoms with van der Waals surface area (Å²) in [5.41, 5.74) is 2.78. The van der Waals surface area contributed by atoms with Gasteiger partial charge in [-0.05, 0) is 37.5 Å². The van der Waals surface area contributed by atoms with E-state index in [4.69, 9.17) is 11.6 Å². The molecule has 16 heavy (non-hydrogen) atoms. The predicted octanol–water partition coefficient (Wildman–Crippen LogP) is 3.24. The molecule has 0 atom stereocenters. The molecule has 3 heteroatoms. The Labute approximate surface area is 102 Å². The summed E-state index contributed by atoms with van der Waals surface area (Å²) in [6, 6.07) is 0. The third-order valence-corrected chi connectivity index (χ3v) is 3.83. The van der Waals surface area contributed by atoms with Crippen LogP contribution in [0.1, 0.15) is 36.1 Å². The molecule has 1 rings (SSSR count). The van der Waals surface area contributed by atoms with E-state index in [1.807, 2.05) is 34.6 Å². The van der Waals surface area contributed by atoms with Gasteiger partial charge in [-0.2, -0.15) is 0 Å². The molecule has 90 valence electrons. The summed E-state index contributed by atoms with van der Waals surface area (Å²) in [5.74, 6) is 0.249. The van der Waals surface area contributed by atoms with Gasteiger partial charge in [0.2, 0.25) is 0 Å². The number of halogens is 1. The molecular weight excluding hydrogens is 224 g/mol. The van der Waals surface area contributed by atoms with Crippen LogP contribution in [0.3, 0.4) is 0 Å². The van der Waals surface area contributed by atoms with Gasteiger partial charge in [0.05, 0.1) is 6.61 Å². The summed E-state index contributed by atoms with van der Waals surface area (Å²) >= 11 is 6.23. The monoisotopic (exact) mass is 242 g/mol. The number of hydrogen-bond donors (Lipinski definition) is 2. The van der Waals surface area contributed by atoms with Crippen molar-refractivity contribution in [1.82, 2.24) is 0 Å². The molecule has 0 aliphatic carbocycles. The van der Waals surface area contributed by atoms with Gasteiger partial charge in [0, 0.05) is 16.0 Å². The Bertz CT molecular complexity index is 393. The maximum Gasteiger partial charge on any atom is 0.122 e. The number of rotatable bonds is 2. The predicted molar refractivity (Wildman–Crippen MR) is 67.4 cm³/mol. The van der Waals surface area contributed by atoms with Crippen molar-refractivity contribution >= 4 is 11.6 Å². The van der Waals surface area contributed by atoms with Crippen LogP contribution in [0.5, 0.6) is 5.75 Å². The van der Waals surface area contributed by atoms with E-state index < -0.39 is 5.41 Å². The third-order valence-electron chi connectivity index (χ3n) is 3.26. The summed E-state index contributed by atoms with van der Waals surface area (Å²) in [4.78, 5) is 0. The number of phenols is 1. The maximum absolute atomic E-state index is 10.2. The number of phenolic OH excluding ortho intramolecular Hbond substituents is 1. The maximum atomic E-state index is 10.2. The lowest BCUT2D eigenvalue weighted by Gasteiger charge is -2.28. The molecule has 0 aromatic heterocycles. The van der Waals surface area contributed by atoms with Crippen molar-refractivity contribution in [3.63, 3.8) is 0 Å². The van der Waals surface area contributed by atoms with Gasteiger partial charge in [-0.3, -0.25) is 0 Å². The fourth-order valence-electron chi connectivity index (χ4n) is 2.01. The first-order valence-electron chi connectivity index (χ1n) is 5.33. The molecule has 0 unspecified atom stereocenters. The van der Waals surface area contributed by atoms with Crippen molar-refractivity contribution in [2.45, 2.75) is 40.0 Å². The Morgan fingerprint density at radius 2 is 1.56 bits per heavy atom. The Morgan fingerprint density at radius 3 is 2.00 bits per heavy atom. The topological polar surface area (TPSA) is 40.5 Å². The largest absolute Gasteiger partial charge is 0.507 e. The van der Waals surface area contributed by atoms with E-state index in [2.05, 4.69) is 0 Å². The second kappa shape index (κ2) is 4.27. The molecule has 1 aromatic carbocycles. The molecule has 0 aliphatic rings. The summed E-state index contributed by atoms with van der Waals surface area (Å²) < 4.78 is 0. The molecule has 0 amide bonds. The van der Waals surface area contributed by atoms with E-state index in [9.17, 15) is 10.2 Å². The SMILES string of the molecule is Cc1c(C)c(Cl)c(C)c(C(C)(C)CO)c1O. The summed E-state index contributed by atoms with van der Waals surface area (Å²) in [6.45, 7) is 9.36. The smallest absolute Gasteiger partial charge is 0.122 e. The summed E-state index contributed by atoms with van der Waals surface area (Å²) in [5, 5.41) is 20.2. The van der Waals surface area contributed by atoms with Crippen LogP contribution in [0, 0.1) is 20.8 Å². The van der Waals surface area contributed by atoms with Crippen LogP contribution in [0.15, 0.2) is 0 Å². The second-order valence-corrected chi connectivity index (χ2v) is 5.33. The normalized spacial score (nSPS) is 11.9. The lowest BCUT2D eigenvalue weighted by Crippen LogP contribution is -2.24. The highest BCUT2D eigenvalue weighted by molar-refractivity contribution is 6.32. The van der Waals surface area contributed by atoms with Gasteiger partial charge < -0.3 is 10.2 Å². The number of benzene rings is 1. The van der Waals surface area contributed by atoms with Gasteiger partial charge in [-0.15, -0.1) is 0 Å². The Hall–Kier alpha value is -0.730. The number of aliphatic hydroxyl groups excluding tert-OH is 1. The Balaban J connectivity index is 3.65. The molecular formula is C13H19ClO2. The Kier molecular flexibility index (Phi) is 3.56. The van der Waals surface area contributed by atoms with Crippen LogP contribution in [0.2, 0.25) is 5.02 Å². The van der Waals surface area contributed by atoms with E-state index >= 15 is 0 Å². The third kappa shape index (κ3) is 1.92. The molecule has 0 saturated carbocycles. The second-order valence-electron chi connectivity index (χ2n) is 4.95. The highest BCUT2D eigenvalue weighted by Gasteiger charge is 2.28. The van der Waals surface area contributed by atoms with Crippen LogP contribution in [0.25, 0.3) is 0 Å². The molecule has 0 saturated heterocycles. The van der Waals surface area contributed by atoms with E-state index in [0.717, 1.165) is 22.3 Å². The minimum Gasteiger partial charge on any atom is -0.507 e. The number of hydrogen-bond acceptors (Lipinski definition) is 2. The van der Waals surface area contributed by atoms with E-state index in [1.165, 1.54) is 0 Å². The standard InChI is InChI=1S/C13H19ClO2/c1-7-8(2)12(16)10(9(3)11(7)14)13(4,5)6-15/h15-16H,6H2,1-5H3. The summed E-state index contributed by atoms with van der Waals surface area (Å²) in [6.07, 6.45) is 0. The van der Waals surface area contributed by atoms with Gasteiger partial charge in [0.1, 0.15) is 5.75 Å². The van der Waals surface area contributed by atoms with Gasteiger partial charge in [-0.1, -0.05) is 25.4 Å². The zero-order valence-electron chi connectivity index (χ0n) is 10.5. The quantitative estimate of drug-likeness (QED) is 0.836. The van der Waals surface area contributed by atoms with E-state index in [1.54, 1.807) is 0 Å².